The maximum absolute atomic E-state index is 14.3. The quantitative estimate of drug-likeness (QED) is 0.375. The number of amides is 1. The van der Waals surface area contributed by atoms with Crippen LogP contribution in [0.1, 0.15) is 22.3 Å². The second-order valence-electron chi connectivity index (χ2n) is 8.58. The number of ketones is 2. The van der Waals surface area contributed by atoms with Gasteiger partial charge in [-0.2, -0.15) is 8.78 Å². The molecule has 10 nitrogen and oxygen atoms in total. The Morgan fingerprint density at radius 3 is 2.41 bits per heavy atom. The first-order valence-corrected chi connectivity index (χ1v) is 10.1. The molecule has 5 N–H and O–H groups in total. The largest absolute Gasteiger partial charge is 0.510 e. The summed E-state index contributed by atoms with van der Waals surface area (Å²) in [5, 5.41) is 35.2. The number of nitroso groups, excluding NO2 is 1. The van der Waals surface area contributed by atoms with Crippen molar-refractivity contribution in [2.45, 2.75) is 18.1 Å². The van der Waals surface area contributed by atoms with E-state index in [4.69, 9.17) is 5.73 Å². The number of phenols is 1. The lowest BCUT2D eigenvalue weighted by atomic mass is 9.57. The molecule has 0 fully saturated rings. The third-order valence-electron chi connectivity index (χ3n) is 6.73. The molecular formula is C22H19F2N3O7. The van der Waals surface area contributed by atoms with Crippen molar-refractivity contribution in [3.8, 4) is 5.75 Å². The fourth-order valence-corrected chi connectivity index (χ4v) is 5.42. The van der Waals surface area contributed by atoms with Crippen LogP contribution in [0.15, 0.2) is 52.1 Å². The lowest BCUT2D eigenvalue weighted by Gasteiger charge is -2.50. The summed E-state index contributed by atoms with van der Waals surface area (Å²) in [5.41, 5.74) is -1.91. The summed E-state index contributed by atoms with van der Waals surface area (Å²) in [6.45, 7) is 0. The molecule has 34 heavy (non-hydrogen) atoms. The number of likely N-dealkylation sites (N-methyl/N-ethyl adjacent to an activating group) is 1. The highest BCUT2D eigenvalue weighted by atomic mass is 19.3. The van der Waals surface area contributed by atoms with E-state index in [9.17, 15) is 43.4 Å². The van der Waals surface area contributed by atoms with Crippen LogP contribution in [-0.2, 0) is 9.59 Å². The second-order valence-corrected chi connectivity index (χ2v) is 8.58. The number of rotatable bonds is 3. The van der Waals surface area contributed by atoms with Crippen molar-refractivity contribution in [1.29, 1.82) is 0 Å². The van der Waals surface area contributed by atoms with Crippen LogP contribution in [0.25, 0.3) is 5.57 Å². The zero-order valence-electron chi connectivity index (χ0n) is 17.9. The van der Waals surface area contributed by atoms with E-state index >= 15 is 0 Å². The first kappa shape index (κ1) is 23.4. The van der Waals surface area contributed by atoms with E-state index in [1.807, 2.05) is 0 Å². The summed E-state index contributed by atoms with van der Waals surface area (Å²) >= 11 is 0. The molecule has 3 aliphatic carbocycles. The van der Waals surface area contributed by atoms with Crippen molar-refractivity contribution < 1.29 is 38.5 Å². The molecular weight excluding hydrogens is 456 g/mol. The molecule has 178 valence electrons. The third kappa shape index (κ3) is 2.82. The molecule has 0 radical (unpaired) electrons. The third-order valence-corrected chi connectivity index (χ3v) is 6.73. The van der Waals surface area contributed by atoms with Crippen LogP contribution in [-0.4, -0.2) is 63.4 Å². The number of Topliss-reactive ketones (excluding diaryl/α,β-unsaturated/α-hetero) is 2. The van der Waals surface area contributed by atoms with Crippen molar-refractivity contribution in [2.24, 2.45) is 22.7 Å². The Balaban J connectivity index is 2.12. The van der Waals surface area contributed by atoms with Gasteiger partial charge in [0, 0.05) is 23.0 Å². The Kier molecular flexibility index (Phi) is 5.25. The van der Waals surface area contributed by atoms with Gasteiger partial charge in [0.25, 0.3) is 12.0 Å². The summed E-state index contributed by atoms with van der Waals surface area (Å²) in [4.78, 5) is 51.9. The molecule has 0 saturated carbocycles. The first-order valence-electron chi connectivity index (χ1n) is 10.1. The summed E-state index contributed by atoms with van der Waals surface area (Å²) < 4.78 is 28.5. The van der Waals surface area contributed by atoms with E-state index in [1.54, 1.807) is 0 Å². The number of aromatic hydroxyl groups is 1. The Bertz CT molecular complexity index is 1280. The highest BCUT2D eigenvalue weighted by Crippen LogP contribution is 2.56. The number of carbonyl (C=O) groups is 3. The molecule has 4 atom stereocenters. The van der Waals surface area contributed by atoms with E-state index in [2.05, 4.69) is 5.18 Å². The highest BCUT2D eigenvalue weighted by Gasteiger charge is 2.64. The average molecular weight is 475 g/mol. The van der Waals surface area contributed by atoms with Crippen molar-refractivity contribution in [3.63, 3.8) is 0 Å². The molecule has 0 bridgehead atoms. The van der Waals surface area contributed by atoms with Crippen molar-refractivity contribution in [1.82, 2.24) is 4.90 Å². The number of aliphatic hydroxyl groups excluding tert-OH is 1. The number of benzene rings is 1. The molecule has 0 aliphatic heterocycles. The van der Waals surface area contributed by atoms with Crippen molar-refractivity contribution in [2.75, 3.05) is 14.1 Å². The number of halogens is 2. The SMILES string of the molecule is CN(C)[C@@H]1C(O)=C(C(N)=O)C(=O)[C@@]2(O)C(N=O)=C3C(=O)c4c(O)cccc4C(=C(F)F)C3C[C@@H]12. The average Bonchev–Trinajstić information content (AvgIpc) is 2.73. The van der Waals surface area contributed by atoms with Gasteiger partial charge < -0.3 is 21.1 Å². The topological polar surface area (TPSA) is 171 Å². The maximum Gasteiger partial charge on any atom is 0.274 e. The van der Waals surface area contributed by atoms with Crippen LogP contribution in [0, 0.1) is 16.7 Å². The Labute approximate surface area is 190 Å². The van der Waals surface area contributed by atoms with Crippen LogP contribution in [0.5, 0.6) is 5.75 Å². The van der Waals surface area contributed by atoms with Gasteiger partial charge in [-0.15, -0.1) is 4.91 Å². The predicted octanol–water partition coefficient (Wildman–Crippen LogP) is 1.39. The van der Waals surface area contributed by atoms with E-state index in [0.717, 1.165) is 6.07 Å². The van der Waals surface area contributed by atoms with Crippen LogP contribution in [0.2, 0.25) is 0 Å². The molecule has 1 unspecified atom stereocenters. The fraction of sp³-hybridized carbons (Fsp3) is 0.318. The number of phenolic OH excluding ortho intramolecular Hbond substituents is 1. The van der Waals surface area contributed by atoms with Crippen LogP contribution >= 0.6 is 0 Å². The lowest BCUT2D eigenvalue weighted by molar-refractivity contribution is -0.143. The van der Waals surface area contributed by atoms with Crippen LogP contribution in [0.4, 0.5) is 8.78 Å². The van der Waals surface area contributed by atoms with Crippen LogP contribution < -0.4 is 5.73 Å². The van der Waals surface area contributed by atoms with Crippen molar-refractivity contribution >= 4 is 23.0 Å². The summed E-state index contributed by atoms with van der Waals surface area (Å²) in [5.74, 6) is -8.34. The van der Waals surface area contributed by atoms with Crippen LogP contribution in [0.3, 0.4) is 0 Å². The zero-order valence-corrected chi connectivity index (χ0v) is 17.9. The molecule has 1 aromatic rings. The normalized spacial score (nSPS) is 28.5. The Hall–Kier alpha value is -3.77. The molecule has 1 amide bonds. The molecule has 1 aromatic carbocycles. The van der Waals surface area contributed by atoms with E-state index in [1.165, 1.54) is 31.1 Å². The van der Waals surface area contributed by atoms with Crippen molar-refractivity contribution in [3.05, 3.63) is 62.9 Å². The van der Waals surface area contributed by atoms with E-state index in [0.29, 0.717) is 0 Å². The second kappa shape index (κ2) is 7.64. The van der Waals surface area contributed by atoms with Gasteiger partial charge in [-0.1, -0.05) is 12.1 Å². The number of fused-ring (bicyclic) bond motifs is 3. The number of hydrogen-bond acceptors (Lipinski definition) is 9. The summed E-state index contributed by atoms with van der Waals surface area (Å²) in [6, 6.07) is 2.23. The molecule has 0 spiro atoms. The minimum absolute atomic E-state index is 0.268. The molecule has 0 heterocycles. The number of aliphatic hydroxyl groups is 2. The Morgan fingerprint density at radius 2 is 1.88 bits per heavy atom. The van der Waals surface area contributed by atoms with Gasteiger partial charge in [-0.3, -0.25) is 19.3 Å². The Morgan fingerprint density at radius 1 is 1.24 bits per heavy atom. The fourth-order valence-electron chi connectivity index (χ4n) is 5.42. The van der Waals surface area contributed by atoms with Gasteiger partial charge in [-0.25, -0.2) is 0 Å². The maximum atomic E-state index is 14.3. The van der Waals surface area contributed by atoms with Gasteiger partial charge >= 0.3 is 0 Å². The zero-order chi connectivity index (χ0) is 25.3. The highest BCUT2D eigenvalue weighted by molar-refractivity contribution is 6.25. The number of nitrogens with zero attached hydrogens (tertiary/aromatic N) is 2. The van der Waals surface area contributed by atoms with Gasteiger partial charge in [0.2, 0.25) is 5.78 Å². The minimum atomic E-state index is -2.92. The number of primary amides is 1. The number of hydrogen-bond donors (Lipinski definition) is 4. The molecule has 4 rings (SSSR count). The monoisotopic (exact) mass is 475 g/mol. The first-order chi connectivity index (χ1) is 15.9. The number of nitrogens with two attached hydrogens (primary N) is 1. The van der Waals surface area contributed by atoms with Gasteiger partial charge in [0.05, 0.1) is 11.6 Å². The molecule has 3 aliphatic rings. The summed E-state index contributed by atoms with van der Waals surface area (Å²) in [7, 11) is 2.85. The standard InChI is InChI=1S/C22H19F2N3O7/c1-27(2)15-9-6-8-11(20(23)24)7-4-3-5-10(28)12(7)16(29)13(8)18(26-34)22(9,33)19(31)14(17(15)30)21(25)32/h3-5,8-9,15,28,30,33H,6H2,1-2H3,(H2,25,32)/t8?,9-,15-,22-/m0/s1. The smallest absolute Gasteiger partial charge is 0.274 e. The molecule has 0 saturated heterocycles. The van der Waals surface area contributed by atoms with E-state index in [-0.39, 0.29) is 5.56 Å². The van der Waals surface area contributed by atoms with Gasteiger partial charge in [-0.05, 0) is 37.3 Å². The minimum Gasteiger partial charge on any atom is -0.510 e. The summed E-state index contributed by atoms with van der Waals surface area (Å²) in [6.07, 6.45) is -2.71. The van der Waals surface area contributed by atoms with E-state index < -0.39 is 92.9 Å². The molecule has 0 aromatic heterocycles. The van der Waals surface area contributed by atoms with Gasteiger partial charge in [0.1, 0.15) is 22.8 Å². The molecule has 12 heteroatoms. The number of carbonyl (C=O) groups excluding carboxylic acids is 3. The number of allylic oxidation sites excluding steroid dienone is 2. The van der Waals surface area contributed by atoms with Gasteiger partial charge in [0.15, 0.2) is 11.4 Å². The lowest BCUT2D eigenvalue weighted by Crippen LogP contribution is -2.63. The predicted molar refractivity (Wildman–Crippen MR) is 112 cm³/mol.